The Bertz CT molecular complexity index is 1080. The summed E-state index contributed by atoms with van der Waals surface area (Å²) in [6.07, 6.45) is 4.04. The van der Waals surface area contributed by atoms with Crippen LogP contribution in [0, 0.1) is 12.8 Å². The molecule has 2 aliphatic rings. The van der Waals surface area contributed by atoms with Gasteiger partial charge in [0.2, 0.25) is 0 Å². The third kappa shape index (κ3) is 4.24. The first-order chi connectivity index (χ1) is 15.6. The molecule has 4 heterocycles. The number of quaternary nitrogens is 1. The van der Waals surface area contributed by atoms with Crippen molar-refractivity contribution >= 4 is 33.3 Å². The van der Waals surface area contributed by atoms with E-state index in [4.69, 9.17) is 0 Å². The monoisotopic (exact) mass is 450 g/mol. The van der Waals surface area contributed by atoms with E-state index in [1.165, 1.54) is 29.7 Å². The molecule has 168 valence electrons. The number of rotatable bonds is 4. The maximum Gasteiger partial charge on any atom is 0.264 e. The Balaban J connectivity index is 1.31. The third-order valence-corrected chi connectivity index (χ3v) is 8.23. The lowest BCUT2D eigenvalue weighted by Gasteiger charge is -2.32. The molecule has 2 aromatic heterocycles. The van der Waals surface area contributed by atoms with Crippen LogP contribution in [0.4, 0.5) is 5.82 Å². The minimum absolute atomic E-state index is 0.155. The summed E-state index contributed by atoms with van der Waals surface area (Å²) in [6, 6.07) is 10.6. The highest BCUT2D eigenvalue weighted by Crippen LogP contribution is 2.36. The minimum Gasteiger partial charge on any atom is -0.356 e. The number of thiophene rings is 1. The average molecular weight is 451 g/mol. The summed E-state index contributed by atoms with van der Waals surface area (Å²) >= 11 is 1.53. The zero-order valence-corrected chi connectivity index (χ0v) is 19.8. The molecule has 1 N–H and O–H groups in total. The number of nitrogens with one attached hydrogen (secondary N) is 1. The second-order valence-electron chi connectivity index (χ2n) is 9.31. The van der Waals surface area contributed by atoms with Crippen LogP contribution < -0.4 is 9.80 Å². The van der Waals surface area contributed by atoms with Gasteiger partial charge in [-0.25, -0.2) is 9.97 Å². The molecule has 0 spiro atoms. The van der Waals surface area contributed by atoms with E-state index in [0.717, 1.165) is 78.2 Å². The first-order valence-electron chi connectivity index (χ1n) is 11.8. The first-order valence-corrected chi connectivity index (χ1v) is 12.6. The summed E-state index contributed by atoms with van der Waals surface area (Å²) in [5, 5.41) is 1.07. The van der Waals surface area contributed by atoms with Gasteiger partial charge in [0.1, 0.15) is 23.5 Å². The molecule has 6 nitrogen and oxygen atoms in total. The number of anilines is 1. The van der Waals surface area contributed by atoms with Crippen LogP contribution in [0.2, 0.25) is 0 Å². The third-order valence-electron chi connectivity index (χ3n) is 7.04. The van der Waals surface area contributed by atoms with Gasteiger partial charge in [0.05, 0.1) is 36.4 Å². The van der Waals surface area contributed by atoms with Crippen molar-refractivity contribution in [2.75, 3.05) is 44.2 Å². The van der Waals surface area contributed by atoms with Crippen LogP contribution in [0.25, 0.3) is 10.2 Å². The molecule has 0 saturated carbocycles. The van der Waals surface area contributed by atoms with Crippen molar-refractivity contribution in [3.8, 4) is 0 Å². The second-order valence-corrected chi connectivity index (χ2v) is 10.3. The van der Waals surface area contributed by atoms with Crippen LogP contribution in [0.1, 0.15) is 40.6 Å². The Hall–Kier alpha value is -2.51. The summed E-state index contributed by atoms with van der Waals surface area (Å²) in [7, 11) is 0. The number of amides is 1. The number of piperazine rings is 1. The minimum atomic E-state index is 0.155. The topological polar surface area (TPSA) is 53.8 Å². The van der Waals surface area contributed by atoms with E-state index >= 15 is 0 Å². The van der Waals surface area contributed by atoms with Crippen molar-refractivity contribution < 1.29 is 9.69 Å². The zero-order chi connectivity index (χ0) is 22.1. The molecule has 5 rings (SSSR count). The van der Waals surface area contributed by atoms with Crippen LogP contribution in [0.5, 0.6) is 0 Å². The standard InChI is InChI=1S/C25H31N5OS/c1-18-8-10-29(11-9-18)23-21-19(2)22(32-24(21)27-17-26-23)25(31)30-14-12-28(13-15-30)16-20-6-4-3-5-7-20/h3-7,17-18H,8-16H2,1-2H3/p+1. The number of carbonyl (C=O) groups is 1. The van der Waals surface area contributed by atoms with Crippen molar-refractivity contribution in [3.63, 3.8) is 0 Å². The largest absolute Gasteiger partial charge is 0.356 e. The van der Waals surface area contributed by atoms with Gasteiger partial charge in [-0.2, -0.15) is 0 Å². The van der Waals surface area contributed by atoms with E-state index in [0.29, 0.717) is 0 Å². The van der Waals surface area contributed by atoms with Gasteiger partial charge in [-0.1, -0.05) is 37.3 Å². The van der Waals surface area contributed by atoms with E-state index in [1.54, 1.807) is 11.2 Å². The number of piperidine rings is 1. The highest BCUT2D eigenvalue weighted by Gasteiger charge is 2.29. The van der Waals surface area contributed by atoms with Crippen LogP contribution in [0.3, 0.4) is 0 Å². The maximum atomic E-state index is 13.5. The lowest BCUT2D eigenvalue weighted by Crippen LogP contribution is -3.13. The van der Waals surface area contributed by atoms with Gasteiger partial charge in [-0.3, -0.25) is 4.79 Å². The Labute approximate surface area is 193 Å². The predicted octanol–water partition coefficient (Wildman–Crippen LogP) is 2.78. The van der Waals surface area contributed by atoms with Crippen molar-refractivity contribution in [2.24, 2.45) is 5.92 Å². The van der Waals surface area contributed by atoms with Gasteiger partial charge in [-0.15, -0.1) is 11.3 Å². The Morgan fingerprint density at radius 3 is 2.53 bits per heavy atom. The van der Waals surface area contributed by atoms with Crippen molar-refractivity contribution in [3.05, 3.63) is 52.7 Å². The Morgan fingerprint density at radius 1 is 1.09 bits per heavy atom. The van der Waals surface area contributed by atoms with Gasteiger partial charge in [0.25, 0.3) is 5.91 Å². The van der Waals surface area contributed by atoms with Gasteiger partial charge in [0.15, 0.2) is 0 Å². The van der Waals surface area contributed by atoms with Gasteiger partial charge < -0.3 is 14.7 Å². The fourth-order valence-corrected chi connectivity index (χ4v) is 6.06. The predicted molar refractivity (Wildman–Crippen MR) is 130 cm³/mol. The molecule has 32 heavy (non-hydrogen) atoms. The summed E-state index contributed by atoms with van der Waals surface area (Å²) in [5.41, 5.74) is 2.41. The quantitative estimate of drug-likeness (QED) is 0.664. The highest BCUT2D eigenvalue weighted by molar-refractivity contribution is 7.20. The zero-order valence-electron chi connectivity index (χ0n) is 19.0. The molecule has 0 unspecified atom stereocenters. The Kier molecular flexibility index (Phi) is 6.11. The summed E-state index contributed by atoms with van der Waals surface area (Å²) in [4.78, 5) is 30.3. The highest BCUT2D eigenvalue weighted by atomic mass is 32.1. The molecular formula is C25H32N5OS+. The van der Waals surface area contributed by atoms with Crippen LogP contribution in [0.15, 0.2) is 36.7 Å². The summed E-state index contributed by atoms with van der Waals surface area (Å²) in [5.74, 6) is 1.93. The average Bonchev–Trinajstić information content (AvgIpc) is 3.17. The van der Waals surface area contributed by atoms with Crippen molar-refractivity contribution in [1.29, 1.82) is 0 Å². The van der Waals surface area contributed by atoms with Crippen molar-refractivity contribution in [1.82, 2.24) is 14.9 Å². The van der Waals surface area contributed by atoms with Crippen molar-refractivity contribution in [2.45, 2.75) is 33.2 Å². The normalized spacial score (nSPS) is 18.4. The van der Waals surface area contributed by atoms with Gasteiger partial charge in [-0.05, 0) is 31.2 Å². The number of benzene rings is 1. The first kappa shape index (κ1) is 21.3. The smallest absolute Gasteiger partial charge is 0.264 e. The molecule has 0 bridgehead atoms. The molecule has 2 aliphatic heterocycles. The number of carbonyl (C=O) groups excluding carboxylic acids is 1. The Morgan fingerprint density at radius 2 is 1.81 bits per heavy atom. The van der Waals surface area contributed by atoms with Gasteiger partial charge >= 0.3 is 0 Å². The molecule has 1 aromatic carbocycles. The molecule has 2 fully saturated rings. The van der Waals surface area contributed by atoms with Crippen LogP contribution in [-0.2, 0) is 6.54 Å². The molecule has 0 radical (unpaired) electrons. The molecule has 2 saturated heterocycles. The fourth-order valence-electron chi connectivity index (χ4n) is 4.95. The summed E-state index contributed by atoms with van der Waals surface area (Å²) in [6.45, 7) is 11.1. The van der Waals surface area contributed by atoms with E-state index in [1.807, 2.05) is 4.90 Å². The molecule has 3 aromatic rings. The molecule has 7 heteroatoms. The van der Waals surface area contributed by atoms with E-state index in [9.17, 15) is 4.79 Å². The number of aryl methyl sites for hydroxylation is 1. The van der Waals surface area contributed by atoms with Gasteiger partial charge in [0, 0.05) is 18.7 Å². The second kappa shape index (κ2) is 9.16. The number of hydrogen-bond acceptors (Lipinski definition) is 5. The van der Waals surface area contributed by atoms with E-state index in [2.05, 4.69) is 59.0 Å². The molecule has 0 aliphatic carbocycles. The number of fused-ring (bicyclic) bond motifs is 1. The van der Waals surface area contributed by atoms with E-state index < -0.39 is 0 Å². The van der Waals surface area contributed by atoms with Crippen LogP contribution in [-0.4, -0.2) is 60.0 Å². The molecule has 0 atom stereocenters. The molecular weight excluding hydrogens is 418 g/mol. The lowest BCUT2D eigenvalue weighted by molar-refractivity contribution is -0.917. The SMILES string of the molecule is Cc1c(C(=O)N2CC[NH+](Cc3ccccc3)CC2)sc2ncnc(N3CCC(C)CC3)c12. The molecule has 1 amide bonds. The van der Waals surface area contributed by atoms with Crippen LogP contribution >= 0.6 is 11.3 Å². The van der Waals surface area contributed by atoms with E-state index in [-0.39, 0.29) is 5.91 Å². The maximum absolute atomic E-state index is 13.5. The lowest BCUT2D eigenvalue weighted by atomic mass is 9.99. The fraction of sp³-hybridized carbons (Fsp3) is 0.480. The number of aromatic nitrogens is 2. The number of hydrogen-bond donors (Lipinski definition) is 1. The summed E-state index contributed by atoms with van der Waals surface area (Å²) < 4.78 is 0. The number of nitrogens with zero attached hydrogens (tertiary/aromatic N) is 4.